The van der Waals surface area contributed by atoms with Gasteiger partial charge in [-0.15, -0.1) is 0 Å². The molecule has 33 heavy (non-hydrogen) atoms. The Balaban J connectivity index is 1.55. The molecule has 0 bridgehead atoms. The number of aromatic nitrogens is 2. The number of aryl methyl sites for hydroxylation is 2. The molecule has 6 nitrogen and oxygen atoms in total. The van der Waals surface area contributed by atoms with E-state index in [2.05, 4.69) is 10.3 Å². The third-order valence-corrected chi connectivity index (χ3v) is 6.82. The molecule has 8 heteroatoms. The number of alkyl halides is 2. The molecule has 3 amide bonds. The van der Waals surface area contributed by atoms with Crippen LogP contribution in [-0.4, -0.2) is 45.0 Å². The lowest BCUT2D eigenvalue weighted by Gasteiger charge is -2.34. The third-order valence-electron chi connectivity index (χ3n) is 6.82. The Morgan fingerprint density at radius 3 is 2.48 bits per heavy atom. The molecule has 1 aliphatic rings. The summed E-state index contributed by atoms with van der Waals surface area (Å²) in [5.41, 5.74) is 2.14. The average Bonchev–Trinajstić information content (AvgIpc) is 3.36. The van der Waals surface area contributed by atoms with Crippen LogP contribution >= 0.6 is 0 Å². The number of hydrogen-bond donors (Lipinski definition) is 1. The van der Waals surface area contributed by atoms with Crippen LogP contribution < -0.4 is 5.32 Å². The summed E-state index contributed by atoms with van der Waals surface area (Å²) in [7, 11) is 1.90. The molecule has 1 aliphatic heterocycles. The predicted octanol–water partition coefficient (Wildman–Crippen LogP) is 4.75. The summed E-state index contributed by atoms with van der Waals surface area (Å²) in [6, 6.07) is 13.5. The van der Waals surface area contributed by atoms with Gasteiger partial charge in [0.1, 0.15) is 17.9 Å². The van der Waals surface area contributed by atoms with Gasteiger partial charge in [0.2, 0.25) is 0 Å². The van der Waals surface area contributed by atoms with E-state index in [4.69, 9.17) is 0 Å². The van der Waals surface area contributed by atoms with Crippen LogP contribution in [0.3, 0.4) is 0 Å². The second-order valence-electron chi connectivity index (χ2n) is 8.73. The summed E-state index contributed by atoms with van der Waals surface area (Å²) in [5.74, 6) is 0.496. The Bertz CT molecular complexity index is 1150. The van der Waals surface area contributed by atoms with Crippen molar-refractivity contribution < 1.29 is 22.9 Å². The number of urea groups is 1. The quantitative estimate of drug-likeness (QED) is 0.546. The molecule has 0 radical (unpaired) electrons. The Labute approximate surface area is 191 Å². The Morgan fingerprint density at radius 1 is 1.15 bits per heavy atom. The number of amides is 3. The van der Waals surface area contributed by atoms with Crippen molar-refractivity contribution in [2.45, 2.75) is 51.1 Å². The summed E-state index contributed by atoms with van der Waals surface area (Å²) in [5, 5.41) is 2.50. The maximum absolute atomic E-state index is 13.9. The van der Waals surface area contributed by atoms with E-state index in [0.717, 1.165) is 16.9 Å². The first-order valence-electron chi connectivity index (χ1n) is 11.3. The highest BCUT2D eigenvalue weighted by molar-refractivity contribution is 5.85. The number of halogens is 2. The van der Waals surface area contributed by atoms with Gasteiger partial charge in [-0.2, -0.15) is 4.48 Å². The van der Waals surface area contributed by atoms with Gasteiger partial charge < -0.3 is 4.57 Å². The van der Waals surface area contributed by atoms with Gasteiger partial charge in [-0.3, -0.25) is 5.32 Å². The number of imidazole rings is 1. The van der Waals surface area contributed by atoms with Crippen molar-refractivity contribution in [1.82, 2.24) is 14.9 Å². The van der Waals surface area contributed by atoms with Gasteiger partial charge in [0.05, 0.1) is 24.0 Å². The van der Waals surface area contributed by atoms with E-state index in [-0.39, 0.29) is 18.4 Å². The van der Waals surface area contributed by atoms with Crippen molar-refractivity contribution in [2.75, 3.05) is 6.54 Å². The molecular weight excluding hydrogens is 426 g/mol. The standard InChI is InChI=1S/C25H28F2N4O2/c1-17-9-8-16-31(17,25(33)29-23(24(26)27)18-10-4-3-5-11-18)22(32)15-14-21-28-19-12-6-7-13-20(19)30(21)2/h3-7,10-13,17,23-24H,8-9,14-16H2,1-2H3/p+1/t17-,23?,31?/m1/s1. The SMILES string of the molecule is C[C@@H]1CCC[N+]1(C(=O)CCc1nc2ccccc2n1C)C(=O)NC(c1ccccc1)C(F)F. The minimum Gasteiger partial charge on any atom is -0.331 e. The second-order valence-corrected chi connectivity index (χ2v) is 8.73. The number of benzene rings is 2. The number of imide groups is 1. The lowest BCUT2D eigenvalue weighted by molar-refractivity contribution is -0.785. The van der Waals surface area contributed by atoms with E-state index in [9.17, 15) is 18.4 Å². The van der Waals surface area contributed by atoms with Crippen molar-refractivity contribution in [3.8, 4) is 0 Å². The fourth-order valence-corrected chi connectivity index (χ4v) is 4.90. The number of para-hydroxylation sites is 2. The van der Waals surface area contributed by atoms with Gasteiger partial charge >= 0.3 is 11.9 Å². The Morgan fingerprint density at radius 2 is 1.85 bits per heavy atom. The number of hydrogen-bond acceptors (Lipinski definition) is 3. The highest BCUT2D eigenvalue weighted by Gasteiger charge is 2.52. The van der Waals surface area contributed by atoms with Gasteiger partial charge in [0.15, 0.2) is 0 Å². The van der Waals surface area contributed by atoms with Crippen LogP contribution in [-0.2, 0) is 18.3 Å². The maximum Gasteiger partial charge on any atom is 0.424 e. The van der Waals surface area contributed by atoms with Crippen LogP contribution in [0.2, 0.25) is 0 Å². The summed E-state index contributed by atoms with van der Waals surface area (Å²) in [4.78, 5) is 31.5. The zero-order valence-electron chi connectivity index (χ0n) is 18.9. The van der Waals surface area contributed by atoms with Crippen molar-refractivity contribution in [3.63, 3.8) is 0 Å². The molecule has 1 saturated heterocycles. The number of rotatable bonds is 6. The third kappa shape index (κ3) is 4.27. The number of carbonyl (C=O) groups is 2. The van der Waals surface area contributed by atoms with Crippen LogP contribution in [0.5, 0.6) is 0 Å². The summed E-state index contributed by atoms with van der Waals surface area (Å²) in [6.45, 7) is 2.17. The number of nitrogens with one attached hydrogen (secondary N) is 1. The molecular formula is C25H29F2N4O2+. The minimum absolute atomic E-state index is 0.111. The molecule has 2 unspecified atom stereocenters. The molecule has 1 fully saturated rings. The number of likely N-dealkylation sites (tertiary alicyclic amines) is 1. The molecule has 1 N–H and O–H groups in total. The monoisotopic (exact) mass is 455 g/mol. The number of fused-ring (bicyclic) bond motifs is 1. The van der Waals surface area contributed by atoms with Crippen LogP contribution in [0.4, 0.5) is 13.6 Å². The van der Waals surface area contributed by atoms with Crippen LogP contribution in [0.1, 0.15) is 43.6 Å². The molecule has 174 valence electrons. The van der Waals surface area contributed by atoms with E-state index in [1.807, 2.05) is 42.8 Å². The van der Waals surface area contributed by atoms with Crippen molar-refractivity contribution in [1.29, 1.82) is 0 Å². The lowest BCUT2D eigenvalue weighted by Crippen LogP contribution is -2.63. The van der Waals surface area contributed by atoms with E-state index in [1.54, 1.807) is 30.3 Å². The number of nitrogens with zero attached hydrogens (tertiary/aromatic N) is 3. The molecule has 3 atom stereocenters. The molecule has 2 heterocycles. The first kappa shape index (κ1) is 23.0. The lowest BCUT2D eigenvalue weighted by atomic mass is 10.1. The molecule has 0 spiro atoms. The number of quaternary nitrogens is 1. The molecule has 4 rings (SSSR count). The molecule has 2 aromatic carbocycles. The van der Waals surface area contributed by atoms with Gasteiger partial charge in [-0.1, -0.05) is 42.5 Å². The Kier molecular flexibility index (Phi) is 6.56. The highest BCUT2D eigenvalue weighted by atomic mass is 19.3. The van der Waals surface area contributed by atoms with Gasteiger partial charge in [-0.25, -0.2) is 23.4 Å². The first-order chi connectivity index (χ1) is 15.8. The minimum atomic E-state index is -2.79. The van der Waals surface area contributed by atoms with E-state index in [0.29, 0.717) is 31.4 Å². The van der Waals surface area contributed by atoms with Crippen LogP contribution in [0.15, 0.2) is 54.6 Å². The number of carbonyl (C=O) groups excluding carboxylic acids is 2. The largest absolute Gasteiger partial charge is 0.424 e. The van der Waals surface area contributed by atoms with Gasteiger partial charge in [-0.05, 0) is 24.6 Å². The maximum atomic E-state index is 13.9. The van der Waals surface area contributed by atoms with E-state index in [1.165, 1.54) is 0 Å². The molecule has 0 saturated carbocycles. The fraction of sp³-hybridized carbons (Fsp3) is 0.400. The highest BCUT2D eigenvalue weighted by Crippen LogP contribution is 2.31. The Hall–Kier alpha value is -3.13. The van der Waals surface area contributed by atoms with E-state index < -0.39 is 23.0 Å². The van der Waals surface area contributed by atoms with Crippen LogP contribution in [0, 0.1) is 0 Å². The van der Waals surface area contributed by atoms with Crippen LogP contribution in [0.25, 0.3) is 11.0 Å². The van der Waals surface area contributed by atoms with Gasteiger partial charge in [0, 0.05) is 26.3 Å². The topological polar surface area (TPSA) is 64.0 Å². The predicted molar refractivity (Wildman–Crippen MR) is 122 cm³/mol. The summed E-state index contributed by atoms with van der Waals surface area (Å²) < 4.78 is 29.2. The zero-order valence-corrected chi connectivity index (χ0v) is 18.9. The smallest absolute Gasteiger partial charge is 0.331 e. The van der Waals surface area contributed by atoms with Crippen molar-refractivity contribution in [2.24, 2.45) is 7.05 Å². The van der Waals surface area contributed by atoms with Crippen molar-refractivity contribution >= 4 is 23.0 Å². The zero-order chi connectivity index (χ0) is 23.6. The van der Waals surface area contributed by atoms with Crippen molar-refractivity contribution in [3.05, 3.63) is 66.0 Å². The molecule has 0 aliphatic carbocycles. The second kappa shape index (κ2) is 9.39. The molecule has 3 aromatic rings. The molecule has 1 aromatic heterocycles. The average molecular weight is 456 g/mol. The summed E-state index contributed by atoms with van der Waals surface area (Å²) >= 11 is 0. The normalized spacial score (nSPS) is 21.4. The van der Waals surface area contributed by atoms with Gasteiger partial charge in [0.25, 0.3) is 6.43 Å². The summed E-state index contributed by atoms with van der Waals surface area (Å²) in [6.07, 6.45) is -0.919. The fourth-order valence-electron chi connectivity index (χ4n) is 4.90. The van der Waals surface area contributed by atoms with E-state index >= 15 is 0 Å². The first-order valence-corrected chi connectivity index (χ1v) is 11.3.